The summed E-state index contributed by atoms with van der Waals surface area (Å²) >= 11 is 0. The van der Waals surface area contributed by atoms with Crippen LogP contribution in [0.3, 0.4) is 0 Å². The summed E-state index contributed by atoms with van der Waals surface area (Å²) in [5.74, 6) is 0.500. The molecule has 3 aromatic heterocycles. The van der Waals surface area contributed by atoms with Gasteiger partial charge in [0.05, 0.1) is 37.2 Å². The number of nitrogens with one attached hydrogen (secondary N) is 2. The van der Waals surface area contributed by atoms with Crippen LogP contribution in [0.2, 0.25) is 0 Å². The monoisotopic (exact) mass is 341 g/mol. The van der Waals surface area contributed by atoms with E-state index in [1.807, 2.05) is 25.3 Å². The molecule has 0 saturated carbocycles. The van der Waals surface area contributed by atoms with Gasteiger partial charge in [-0.15, -0.1) is 0 Å². The third-order valence-corrected chi connectivity index (χ3v) is 4.26. The van der Waals surface area contributed by atoms with Gasteiger partial charge in [-0.05, 0) is 19.1 Å². The van der Waals surface area contributed by atoms with Crippen molar-refractivity contribution in [2.24, 2.45) is 0 Å². The molecule has 4 heterocycles. The number of aromatic amines is 1. The first-order chi connectivity index (χ1) is 12.2. The molecule has 2 atom stereocenters. The van der Waals surface area contributed by atoms with Gasteiger partial charge in [0.15, 0.2) is 5.75 Å². The Kier molecular flexibility index (Phi) is 4.10. The van der Waals surface area contributed by atoms with Crippen molar-refractivity contribution < 1.29 is 14.3 Å². The number of pyridine rings is 1. The van der Waals surface area contributed by atoms with Crippen molar-refractivity contribution in [3.05, 3.63) is 42.5 Å². The van der Waals surface area contributed by atoms with Gasteiger partial charge < -0.3 is 19.8 Å². The lowest BCUT2D eigenvalue weighted by atomic mass is 10.1. The van der Waals surface area contributed by atoms with Crippen LogP contribution in [0.25, 0.3) is 11.0 Å². The fraction of sp³-hybridized carbons (Fsp3) is 0.353. The molecule has 0 spiro atoms. The number of carbonyl (C=O) groups is 1. The van der Waals surface area contributed by atoms with Crippen LogP contribution in [0.4, 0.5) is 0 Å². The number of fused-ring (bicyclic) bond motifs is 1. The molecule has 0 radical (unpaired) electrons. The van der Waals surface area contributed by atoms with Crippen molar-refractivity contribution in [1.82, 2.24) is 25.1 Å². The van der Waals surface area contributed by atoms with E-state index in [-0.39, 0.29) is 18.1 Å². The zero-order chi connectivity index (χ0) is 17.2. The van der Waals surface area contributed by atoms with E-state index in [0.717, 1.165) is 11.9 Å². The number of amides is 1. The zero-order valence-electron chi connectivity index (χ0n) is 13.8. The van der Waals surface area contributed by atoms with Crippen molar-refractivity contribution in [3.63, 3.8) is 0 Å². The predicted octanol–water partition coefficient (Wildman–Crippen LogP) is 1.36. The first-order valence-corrected chi connectivity index (χ1v) is 8.24. The molecule has 25 heavy (non-hydrogen) atoms. The number of rotatable bonds is 5. The first kappa shape index (κ1) is 15.6. The van der Waals surface area contributed by atoms with Crippen LogP contribution in [-0.2, 0) is 11.3 Å². The molecular formula is C17H19N5O3. The van der Waals surface area contributed by atoms with Crippen molar-refractivity contribution in [2.75, 3.05) is 13.2 Å². The van der Waals surface area contributed by atoms with Crippen LogP contribution in [0, 0.1) is 0 Å². The van der Waals surface area contributed by atoms with Gasteiger partial charge in [-0.3, -0.25) is 9.48 Å². The summed E-state index contributed by atoms with van der Waals surface area (Å²) in [5.41, 5.74) is 1.25. The molecule has 1 fully saturated rings. The number of ether oxygens (including phenoxy) is 2. The minimum absolute atomic E-state index is 0.174. The maximum Gasteiger partial charge on any atom is 0.253 e. The summed E-state index contributed by atoms with van der Waals surface area (Å²) in [7, 11) is 0. The summed E-state index contributed by atoms with van der Waals surface area (Å²) in [6.45, 7) is 3.63. The number of aryl methyl sites for hydroxylation is 1. The van der Waals surface area contributed by atoms with Crippen molar-refractivity contribution in [1.29, 1.82) is 0 Å². The maximum absolute atomic E-state index is 12.6. The summed E-state index contributed by atoms with van der Waals surface area (Å²) < 4.78 is 13.2. The summed E-state index contributed by atoms with van der Waals surface area (Å²) in [5, 5.41) is 7.98. The lowest BCUT2D eigenvalue weighted by Crippen LogP contribution is -2.45. The minimum atomic E-state index is -0.248. The highest BCUT2D eigenvalue weighted by Crippen LogP contribution is 2.19. The molecule has 0 aromatic carbocycles. The molecule has 8 nitrogen and oxygen atoms in total. The van der Waals surface area contributed by atoms with Gasteiger partial charge in [-0.1, -0.05) is 0 Å². The lowest BCUT2D eigenvalue weighted by Gasteiger charge is -2.19. The van der Waals surface area contributed by atoms with E-state index in [2.05, 4.69) is 20.4 Å². The van der Waals surface area contributed by atoms with Gasteiger partial charge in [0.25, 0.3) is 5.91 Å². The van der Waals surface area contributed by atoms with Gasteiger partial charge in [0, 0.05) is 24.3 Å². The molecule has 3 aromatic rings. The SMILES string of the molecule is CCn1cc(O[C@@H]2COC[C@@H]2NC(=O)c2c[nH]c3ncccc23)cn1. The standard InChI is InChI=1S/C17H19N5O3/c1-2-22-8-11(6-20-22)25-15-10-24-9-14(15)21-17(23)13-7-19-16-12(13)4-3-5-18-16/h3-8,14-15H,2,9-10H2,1H3,(H,18,19)(H,21,23)/t14-,15+/m0/s1. The Morgan fingerprint density at radius 1 is 1.52 bits per heavy atom. The highest BCUT2D eigenvalue weighted by Gasteiger charge is 2.32. The Balaban J connectivity index is 1.46. The second-order valence-electron chi connectivity index (χ2n) is 5.91. The normalized spacial score (nSPS) is 20.0. The quantitative estimate of drug-likeness (QED) is 0.731. The van der Waals surface area contributed by atoms with Gasteiger partial charge in [-0.2, -0.15) is 5.10 Å². The minimum Gasteiger partial charge on any atom is -0.482 e. The van der Waals surface area contributed by atoms with E-state index in [4.69, 9.17) is 9.47 Å². The molecule has 130 valence electrons. The van der Waals surface area contributed by atoms with Crippen LogP contribution < -0.4 is 10.1 Å². The van der Waals surface area contributed by atoms with Crippen LogP contribution in [0.5, 0.6) is 5.75 Å². The summed E-state index contributed by atoms with van der Waals surface area (Å²) in [6.07, 6.45) is 6.62. The number of hydrogen-bond donors (Lipinski definition) is 2. The maximum atomic E-state index is 12.6. The lowest BCUT2D eigenvalue weighted by molar-refractivity contribution is 0.0906. The van der Waals surface area contributed by atoms with Gasteiger partial charge in [0.1, 0.15) is 11.8 Å². The number of nitrogens with zero attached hydrogens (tertiary/aromatic N) is 3. The number of carbonyl (C=O) groups excluding carboxylic acids is 1. The van der Waals surface area contributed by atoms with Gasteiger partial charge >= 0.3 is 0 Å². The van der Waals surface area contributed by atoms with E-state index in [0.29, 0.717) is 30.2 Å². The Morgan fingerprint density at radius 2 is 2.44 bits per heavy atom. The molecule has 1 aliphatic heterocycles. The van der Waals surface area contributed by atoms with Crippen molar-refractivity contribution >= 4 is 16.9 Å². The van der Waals surface area contributed by atoms with E-state index < -0.39 is 0 Å². The van der Waals surface area contributed by atoms with Crippen LogP contribution in [0.15, 0.2) is 36.9 Å². The molecule has 8 heteroatoms. The van der Waals surface area contributed by atoms with Crippen LogP contribution >= 0.6 is 0 Å². The van der Waals surface area contributed by atoms with E-state index in [1.165, 1.54) is 0 Å². The first-order valence-electron chi connectivity index (χ1n) is 8.24. The third-order valence-electron chi connectivity index (χ3n) is 4.26. The fourth-order valence-corrected chi connectivity index (χ4v) is 2.93. The van der Waals surface area contributed by atoms with Gasteiger partial charge in [0.2, 0.25) is 0 Å². The van der Waals surface area contributed by atoms with E-state index in [1.54, 1.807) is 23.3 Å². The van der Waals surface area contributed by atoms with Crippen LogP contribution in [0.1, 0.15) is 17.3 Å². The zero-order valence-corrected chi connectivity index (χ0v) is 13.8. The van der Waals surface area contributed by atoms with E-state index >= 15 is 0 Å². The average Bonchev–Trinajstić information content (AvgIpc) is 3.35. The summed E-state index contributed by atoms with van der Waals surface area (Å²) in [6, 6.07) is 3.45. The molecule has 2 N–H and O–H groups in total. The highest BCUT2D eigenvalue weighted by molar-refractivity contribution is 6.06. The molecule has 0 unspecified atom stereocenters. The Bertz CT molecular complexity index is 887. The molecule has 1 aliphatic rings. The Labute approximate surface area is 144 Å². The predicted molar refractivity (Wildman–Crippen MR) is 90.5 cm³/mol. The molecular weight excluding hydrogens is 322 g/mol. The molecule has 0 aliphatic carbocycles. The second-order valence-corrected chi connectivity index (χ2v) is 5.91. The highest BCUT2D eigenvalue weighted by atomic mass is 16.5. The second kappa shape index (κ2) is 6.56. The number of H-pyrrole nitrogens is 1. The fourth-order valence-electron chi connectivity index (χ4n) is 2.93. The average molecular weight is 341 g/mol. The molecule has 1 saturated heterocycles. The van der Waals surface area contributed by atoms with E-state index in [9.17, 15) is 4.79 Å². The van der Waals surface area contributed by atoms with Crippen molar-refractivity contribution in [2.45, 2.75) is 25.6 Å². The smallest absolute Gasteiger partial charge is 0.253 e. The Morgan fingerprint density at radius 3 is 3.28 bits per heavy atom. The molecule has 1 amide bonds. The molecule has 0 bridgehead atoms. The number of hydrogen-bond acceptors (Lipinski definition) is 5. The topological polar surface area (TPSA) is 94.1 Å². The third kappa shape index (κ3) is 3.08. The van der Waals surface area contributed by atoms with Crippen molar-refractivity contribution in [3.8, 4) is 5.75 Å². The van der Waals surface area contributed by atoms with Gasteiger partial charge in [-0.25, -0.2) is 4.98 Å². The van der Waals surface area contributed by atoms with Crippen LogP contribution in [-0.4, -0.2) is 51.0 Å². The number of aromatic nitrogens is 4. The molecule has 4 rings (SSSR count). The summed E-state index contributed by atoms with van der Waals surface area (Å²) in [4.78, 5) is 19.8. The Hall–Kier alpha value is -2.87. The largest absolute Gasteiger partial charge is 0.482 e.